The van der Waals surface area contributed by atoms with Crippen molar-refractivity contribution in [1.82, 2.24) is 0 Å². The first kappa shape index (κ1) is 15.0. The number of rotatable bonds is 2. The maximum Gasteiger partial charge on any atom is 0.258 e. The maximum absolute atomic E-state index is 13.0. The molecule has 2 saturated heterocycles. The summed E-state index contributed by atoms with van der Waals surface area (Å²) in [6, 6.07) is 17.1. The number of carbonyl (C=O) groups excluding carboxylic acids is 3. The van der Waals surface area contributed by atoms with Crippen LogP contribution >= 0.6 is 11.8 Å². The van der Waals surface area contributed by atoms with Gasteiger partial charge in [0.15, 0.2) is 0 Å². The highest BCUT2D eigenvalue weighted by Crippen LogP contribution is 2.38. The predicted molar refractivity (Wildman–Crippen MR) is 92.9 cm³/mol. The van der Waals surface area contributed by atoms with Crippen molar-refractivity contribution < 1.29 is 14.4 Å². The summed E-state index contributed by atoms with van der Waals surface area (Å²) >= 11 is 1.25. The van der Waals surface area contributed by atoms with Crippen LogP contribution in [0.1, 0.15) is 0 Å². The van der Waals surface area contributed by atoms with Crippen LogP contribution in [0.4, 0.5) is 11.4 Å². The Kier molecular flexibility index (Phi) is 3.61. The highest BCUT2D eigenvalue weighted by molar-refractivity contribution is 8.01. The lowest BCUT2D eigenvalue weighted by Crippen LogP contribution is -2.53. The van der Waals surface area contributed by atoms with E-state index in [1.807, 2.05) is 24.3 Å². The third-order valence-corrected chi connectivity index (χ3v) is 5.44. The number of hydrogen-bond donors (Lipinski definition) is 0. The molecule has 0 aromatic heterocycles. The van der Waals surface area contributed by atoms with Crippen LogP contribution in [0.5, 0.6) is 0 Å². The number of thioether (sulfide) groups is 1. The molecule has 0 spiro atoms. The zero-order valence-corrected chi connectivity index (χ0v) is 13.5. The van der Waals surface area contributed by atoms with Crippen molar-refractivity contribution in [2.24, 2.45) is 0 Å². The molecule has 0 aliphatic carbocycles. The molecule has 0 bridgehead atoms. The van der Waals surface area contributed by atoms with Gasteiger partial charge in [-0.05, 0) is 24.3 Å². The van der Waals surface area contributed by atoms with Gasteiger partial charge in [0.2, 0.25) is 11.8 Å². The second kappa shape index (κ2) is 5.79. The molecular weight excluding hydrogens is 324 g/mol. The Labute approximate surface area is 143 Å². The minimum absolute atomic E-state index is 0.150. The number of hydrogen-bond acceptors (Lipinski definition) is 4. The number of para-hydroxylation sites is 2. The molecule has 0 N–H and O–H groups in total. The summed E-state index contributed by atoms with van der Waals surface area (Å²) < 4.78 is 0. The molecule has 4 rings (SSSR count). The number of amides is 3. The molecule has 2 aromatic carbocycles. The Balaban J connectivity index is 1.77. The molecule has 2 heterocycles. The molecule has 2 aliphatic heterocycles. The van der Waals surface area contributed by atoms with Crippen molar-refractivity contribution in [3.63, 3.8) is 0 Å². The molecular formula is C18H14N2O3S. The molecule has 24 heavy (non-hydrogen) atoms. The van der Waals surface area contributed by atoms with Gasteiger partial charge in [-0.15, -0.1) is 11.8 Å². The van der Waals surface area contributed by atoms with Crippen LogP contribution in [0.15, 0.2) is 60.7 Å². The van der Waals surface area contributed by atoms with E-state index in [4.69, 9.17) is 0 Å². The van der Waals surface area contributed by atoms with Crippen molar-refractivity contribution in [3.8, 4) is 0 Å². The molecule has 2 fully saturated rings. The van der Waals surface area contributed by atoms with Crippen LogP contribution in [-0.4, -0.2) is 34.8 Å². The lowest BCUT2D eigenvalue weighted by Gasteiger charge is -2.34. The van der Waals surface area contributed by atoms with E-state index in [2.05, 4.69) is 0 Å². The smallest absolute Gasteiger partial charge is 0.258 e. The second-order valence-corrected chi connectivity index (χ2v) is 6.75. The summed E-state index contributed by atoms with van der Waals surface area (Å²) in [4.78, 5) is 40.9. The van der Waals surface area contributed by atoms with Crippen LogP contribution in [0.2, 0.25) is 0 Å². The zero-order chi connectivity index (χ0) is 16.7. The van der Waals surface area contributed by atoms with Gasteiger partial charge < -0.3 is 0 Å². The van der Waals surface area contributed by atoms with Gasteiger partial charge in [0.25, 0.3) is 5.91 Å². The van der Waals surface area contributed by atoms with E-state index in [1.54, 1.807) is 36.4 Å². The summed E-state index contributed by atoms with van der Waals surface area (Å²) in [5.74, 6) is -0.559. The van der Waals surface area contributed by atoms with Gasteiger partial charge in [0.05, 0.1) is 11.4 Å². The first-order valence-electron chi connectivity index (χ1n) is 7.60. The largest absolute Gasteiger partial charge is 0.297 e. The minimum atomic E-state index is -0.786. The zero-order valence-electron chi connectivity index (χ0n) is 12.7. The van der Waals surface area contributed by atoms with E-state index in [9.17, 15) is 14.4 Å². The molecule has 5 nitrogen and oxygen atoms in total. The summed E-state index contributed by atoms with van der Waals surface area (Å²) in [5.41, 5.74) is 1.19. The third kappa shape index (κ3) is 2.22. The van der Waals surface area contributed by atoms with E-state index in [0.717, 1.165) is 0 Å². The highest BCUT2D eigenvalue weighted by Gasteiger charge is 2.55. The Morgan fingerprint density at radius 1 is 0.792 bits per heavy atom. The second-order valence-electron chi connectivity index (χ2n) is 5.62. The quantitative estimate of drug-likeness (QED) is 0.787. The molecule has 120 valence electrons. The van der Waals surface area contributed by atoms with Crippen LogP contribution in [0.25, 0.3) is 0 Å². The minimum Gasteiger partial charge on any atom is -0.297 e. The first-order chi connectivity index (χ1) is 11.7. The van der Waals surface area contributed by atoms with E-state index < -0.39 is 11.3 Å². The normalized spacial score (nSPS) is 23.6. The Bertz CT molecular complexity index is 810. The fourth-order valence-electron chi connectivity index (χ4n) is 3.15. The number of imide groups is 1. The average Bonchev–Trinajstić information content (AvgIpc) is 2.87. The number of benzene rings is 2. The van der Waals surface area contributed by atoms with Crippen LogP contribution in [0, 0.1) is 0 Å². The van der Waals surface area contributed by atoms with Gasteiger partial charge in [-0.2, -0.15) is 0 Å². The molecule has 0 saturated carbocycles. The van der Waals surface area contributed by atoms with Crippen LogP contribution < -0.4 is 9.80 Å². The number of anilines is 2. The summed E-state index contributed by atoms with van der Waals surface area (Å²) in [6.45, 7) is 0. The fourth-order valence-corrected chi connectivity index (χ4v) is 4.28. The standard InChI is InChI=1S/C18H14N2O3S/c21-14-11-24-16-15(19(14)12-7-3-1-4-8-12)17(22)20(18(16)23)13-9-5-2-6-10-13/h1-10,15-16H,11H2/t15-,16+/m0/s1. The van der Waals surface area contributed by atoms with E-state index in [-0.39, 0.29) is 23.5 Å². The van der Waals surface area contributed by atoms with Gasteiger partial charge in [0, 0.05) is 5.69 Å². The van der Waals surface area contributed by atoms with Gasteiger partial charge in [-0.25, -0.2) is 4.90 Å². The maximum atomic E-state index is 13.0. The van der Waals surface area contributed by atoms with Crippen molar-refractivity contribution in [1.29, 1.82) is 0 Å². The summed E-state index contributed by atoms with van der Waals surface area (Å²) in [5, 5.41) is -0.560. The van der Waals surface area contributed by atoms with Crippen molar-refractivity contribution >= 4 is 40.9 Å². The van der Waals surface area contributed by atoms with Gasteiger partial charge in [0.1, 0.15) is 11.3 Å². The lowest BCUT2D eigenvalue weighted by molar-refractivity contribution is -0.123. The van der Waals surface area contributed by atoms with Crippen LogP contribution in [-0.2, 0) is 14.4 Å². The highest BCUT2D eigenvalue weighted by atomic mass is 32.2. The number of nitrogens with zero attached hydrogens (tertiary/aromatic N) is 2. The monoisotopic (exact) mass is 338 g/mol. The third-order valence-electron chi connectivity index (χ3n) is 4.21. The van der Waals surface area contributed by atoms with Crippen molar-refractivity contribution in [2.75, 3.05) is 15.6 Å². The average molecular weight is 338 g/mol. The SMILES string of the molecule is O=C1[C@@H]2[C@@H](SCC(=O)N2c2ccccc2)C(=O)N1c1ccccc1. The van der Waals surface area contributed by atoms with Crippen LogP contribution in [0.3, 0.4) is 0 Å². The van der Waals surface area contributed by atoms with E-state index >= 15 is 0 Å². The topological polar surface area (TPSA) is 57.7 Å². The molecule has 2 atom stereocenters. The first-order valence-corrected chi connectivity index (χ1v) is 8.65. The van der Waals surface area contributed by atoms with Gasteiger partial charge in [-0.1, -0.05) is 36.4 Å². The summed E-state index contributed by atoms with van der Waals surface area (Å²) in [7, 11) is 0. The molecule has 0 radical (unpaired) electrons. The molecule has 2 aliphatic rings. The van der Waals surface area contributed by atoms with E-state index in [0.29, 0.717) is 11.4 Å². The Morgan fingerprint density at radius 2 is 1.38 bits per heavy atom. The molecule has 0 unspecified atom stereocenters. The van der Waals surface area contributed by atoms with E-state index in [1.165, 1.54) is 21.6 Å². The lowest BCUT2D eigenvalue weighted by atomic mass is 10.1. The Morgan fingerprint density at radius 3 is 2.00 bits per heavy atom. The van der Waals surface area contributed by atoms with Crippen molar-refractivity contribution in [2.45, 2.75) is 11.3 Å². The summed E-state index contributed by atoms with van der Waals surface area (Å²) in [6.07, 6.45) is 0. The fraction of sp³-hybridized carbons (Fsp3) is 0.167. The number of carbonyl (C=O) groups is 3. The molecule has 2 aromatic rings. The number of fused-ring (bicyclic) bond motifs is 1. The Hall–Kier alpha value is -2.60. The predicted octanol–water partition coefficient (Wildman–Crippen LogP) is 2.08. The molecule has 6 heteroatoms. The molecule has 3 amide bonds. The van der Waals surface area contributed by atoms with Crippen molar-refractivity contribution in [3.05, 3.63) is 60.7 Å². The van der Waals surface area contributed by atoms with Gasteiger partial charge in [-0.3, -0.25) is 19.3 Å². The van der Waals surface area contributed by atoms with Gasteiger partial charge >= 0.3 is 0 Å².